The number of ether oxygens (including phenoxy) is 4. The average Bonchev–Trinajstić information content (AvgIpc) is 2.80. The molecule has 0 aromatic heterocycles. The molecule has 1 aliphatic rings. The van der Waals surface area contributed by atoms with E-state index < -0.39 is 0 Å². The number of fused-ring (bicyclic) bond motifs is 1. The van der Waals surface area contributed by atoms with Gasteiger partial charge < -0.3 is 18.9 Å². The molecule has 0 bridgehead atoms. The molecular weight excluding hydrogens is 260 g/mol. The number of hydrogen-bond acceptors (Lipinski definition) is 5. The smallest absolute Gasteiger partial charge is 0.189 e. The molecule has 0 fully saturated rings. The topological polar surface area (TPSA) is 54.0 Å². The van der Waals surface area contributed by atoms with Gasteiger partial charge in [-0.15, -0.1) is 0 Å². The maximum atomic E-state index is 11.8. The van der Waals surface area contributed by atoms with Gasteiger partial charge in [0.25, 0.3) is 0 Å². The second-order valence-corrected chi connectivity index (χ2v) is 4.39. The highest BCUT2D eigenvalue weighted by Crippen LogP contribution is 2.35. The van der Waals surface area contributed by atoms with Crippen LogP contribution in [0.4, 0.5) is 0 Å². The van der Waals surface area contributed by atoms with Crippen molar-refractivity contribution in [1.29, 1.82) is 0 Å². The van der Waals surface area contributed by atoms with Crippen LogP contribution in [0.15, 0.2) is 12.1 Å². The monoisotopic (exact) mass is 280 g/mol. The molecule has 20 heavy (non-hydrogen) atoms. The summed E-state index contributed by atoms with van der Waals surface area (Å²) in [5.41, 5.74) is 1.73. The van der Waals surface area contributed by atoms with Crippen LogP contribution >= 0.6 is 0 Å². The molecule has 2 rings (SSSR count). The Morgan fingerprint density at radius 3 is 2.15 bits per heavy atom. The highest BCUT2D eigenvalue weighted by Gasteiger charge is 2.23. The third kappa shape index (κ3) is 3.49. The Morgan fingerprint density at radius 1 is 0.950 bits per heavy atom. The fourth-order valence-corrected chi connectivity index (χ4v) is 2.05. The minimum Gasteiger partial charge on any atom is -0.464 e. The summed E-state index contributed by atoms with van der Waals surface area (Å²) in [6, 6.07) is 3.60. The van der Waals surface area contributed by atoms with Crippen LogP contribution in [0.3, 0.4) is 0 Å². The maximum absolute atomic E-state index is 11.8. The normalized spacial score (nSPS) is 13.4. The van der Waals surface area contributed by atoms with Crippen molar-refractivity contribution in [2.24, 2.45) is 0 Å². The lowest BCUT2D eigenvalue weighted by Crippen LogP contribution is -2.07. The van der Waals surface area contributed by atoms with Crippen LogP contribution in [-0.2, 0) is 15.9 Å². The predicted octanol–water partition coefficient (Wildman–Crippen LogP) is 2.56. The number of Topliss-reactive ketones (excluding diaryl/α,β-unsaturated/α-hetero) is 1. The van der Waals surface area contributed by atoms with Crippen molar-refractivity contribution in [1.82, 2.24) is 0 Å². The van der Waals surface area contributed by atoms with Crippen molar-refractivity contribution in [2.45, 2.75) is 26.7 Å². The third-order valence-corrected chi connectivity index (χ3v) is 3.10. The summed E-state index contributed by atoms with van der Waals surface area (Å²) in [4.78, 5) is 11.8. The summed E-state index contributed by atoms with van der Waals surface area (Å²) in [5.74, 6) is 1.26. The second kappa shape index (κ2) is 7.26. The Morgan fingerprint density at radius 2 is 1.55 bits per heavy atom. The van der Waals surface area contributed by atoms with E-state index in [0.29, 0.717) is 31.1 Å². The molecule has 0 radical (unpaired) electrons. The Labute approximate surface area is 118 Å². The molecule has 0 saturated carbocycles. The van der Waals surface area contributed by atoms with E-state index in [9.17, 15) is 4.79 Å². The van der Waals surface area contributed by atoms with Crippen LogP contribution in [0.5, 0.6) is 11.5 Å². The first-order valence-corrected chi connectivity index (χ1v) is 6.87. The van der Waals surface area contributed by atoms with Crippen LogP contribution in [0.25, 0.3) is 0 Å². The van der Waals surface area contributed by atoms with E-state index in [2.05, 4.69) is 0 Å². The van der Waals surface area contributed by atoms with E-state index in [1.807, 2.05) is 19.9 Å². The molecule has 0 spiro atoms. The molecule has 1 aliphatic carbocycles. The van der Waals surface area contributed by atoms with Gasteiger partial charge in [-0.25, -0.2) is 0 Å². The maximum Gasteiger partial charge on any atom is 0.189 e. The van der Waals surface area contributed by atoms with Gasteiger partial charge in [0, 0.05) is 25.2 Å². The number of hydrogen-bond donors (Lipinski definition) is 0. The van der Waals surface area contributed by atoms with Crippen LogP contribution < -0.4 is 9.47 Å². The fourth-order valence-electron chi connectivity index (χ4n) is 2.05. The number of ketones is 1. The molecule has 0 aliphatic heterocycles. The minimum absolute atomic E-state index is 0.133. The molecule has 0 amide bonds. The zero-order chi connectivity index (χ0) is 14.4. The Balaban J connectivity index is 2.16. The standard InChI is InChI=1S/C15H20O5/c1-3-17-9-19-14-7-11-5-6-13(16)12(11)8-15(14)20-10-18-4-2/h7-8H,3-6,9-10H2,1-2H3. The van der Waals surface area contributed by atoms with E-state index in [1.165, 1.54) is 0 Å². The van der Waals surface area contributed by atoms with Crippen molar-refractivity contribution >= 4 is 5.78 Å². The van der Waals surface area contributed by atoms with Gasteiger partial charge in [0.2, 0.25) is 0 Å². The van der Waals surface area contributed by atoms with Gasteiger partial charge in [-0.2, -0.15) is 0 Å². The van der Waals surface area contributed by atoms with Gasteiger partial charge >= 0.3 is 0 Å². The lowest BCUT2D eigenvalue weighted by atomic mass is 10.1. The summed E-state index contributed by atoms with van der Waals surface area (Å²) >= 11 is 0. The molecule has 0 N–H and O–H groups in total. The molecule has 5 nitrogen and oxygen atoms in total. The SMILES string of the molecule is CCOCOc1cc2c(cc1OCOCC)C(=O)CC2. The highest BCUT2D eigenvalue weighted by atomic mass is 16.7. The minimum atomic E-state index is 0.133. The first kappa shape index (κ1) is 14.8. The number of aryl methyl sites for hydroxylation is 1. The summed E-state index contributed by atoms with van der Waals surface area (Å²) in [5, 5.41) is 0. The van der Waals surface area contributed by atoms with E-state index in [1.54, 1.807) is 6.07 Å². The zero-order valence-electron chi connectivity index (χ0n) is 11.9. The summed E-state index contributed by atoms with van der Waals surface area (Å²) in [6.45, 7) is 5.24. The molecule has 0 unspecified atom stereocenters. The molecule has 5 heteroatoms. The Bertz CT molecular complexity index is 470. The average molecular weight is 280 g/mol. The first-order valence-electron chi connectivity index (χ1n) is 6.87. The van der Waals surface area contributed by atoms with E-state index >= 15 is 0 Å². The summed E-state index contributed by atoms with van der Waals surface area (Å²) in [7, 11) is 0. The third-order valence-electron chi connectivity index (χ3n) is 3.10. The number of carbonyl (C=O) groups is 1. The van der Waals surface area contributed by atoms with Crippen molar-refractivity contribution in [3.8, 4) is 11.5 Å². The van der Waals surface area contributed by atoms with Gasteiger partial charge in [0.1, 0.15) is 0 Å². The van der Waals surface area contributed by atoms with Gasteiger partial charge in [-0.05, 0) is 38.0 Å². The second-order valence-electron chi connectivity index (χ2n) is 4.39. The Kier molecular flexibility index (Phi) is 5.38. The van der Waals surface area contributed by atoms with Gasteiger partial charge in [0.15, 0.2) is 30.9 Å². The molecule has 1 aromatic carbocycles. The van der Waals surface area contributed by atoms with E-state index in [-0.39, 0.29) is 19.4 Å². The first-order chi connectivity index (χ1) is 9.76. The van der Waals surface area contributed by atoms with E-state index in [4.69, 9.17) is 18.9 Å². The largest absolute Gasteiger partial charge is 0.464 e. The molecule has 0 saturated heterocycles. The summed E-state index contributed by atoms with van der Waals surface area (Å²) in [6.07, 6.45) is 1.31. The van der Waals surface area contributed by atoms with Crippen LogP contribution in [-0.4, -0.2) is 32.6 Å². The van der Waals surface area contributed by atoms with E-state index in [0.717, 1.165) is 17.5 Å². The van der Waals surface area contributed by atoms with Crippen molar-refractivity contribution in [2.75, 3.05) is 26.8 Å². The zero-order valence-corrected chi connectivity index (χ0v) is 11.9. The highest BCUT2D eigenvalue weighted by molar-refractivity contribution is 6.01. The Hall–Kier alpha value is -1.59. The van der Waals surface area contributed by atoms with Crippen molar-refractivity contribution in [3.05, 3.63) is 23.3 Å². The molecule has 0 atom stereocenters. The fraction of sp³-hybridized carbons (Fsp3) is 0.533. The van der Waals surface area contributed by atoms with Crippen LogP contribution in [0.2, 0.25) is 0 Å². The molecule has 0 heterocycles. The quantitative estimate of drug-likeness (QED) is 0.541. The van der Waals surface area contributed by atoms with Crippen molar-refractivity contribution in [3.63, 3.8) is 0 Å². The lowest BCUT2D eigenvalue weighted by Gasteiger charge is -2.14. The number of benzene rings is 1. The number of rotatable bonds is 8. The molecular formula is C15H20O5. The predicted molar refractivity (Wildman–Crippen MR) is 73.3 cm³/mol. The van der Waals surface area contributed by atoms with Crippen molar-refractivity contribution < 1.29 is 23.7 Å². The molecule has 1 aromatic rings. The van der Waals surface area contributed by atoms with Gasteiger partial charge in [-0.1, -0.05) is 0 Å². The number of carbonyl (C=O) groups excluding carboxylic acids is 1. The van der Waals surface area contributed by atoms with Crippen LogP contribution in [0.1, 0.15) is 36.2 Å². The molecule has 110 valence electrons. The van der Waals surface area contributed by atoms with Gasteiger partial charge in [-0.3, -0.25) is 4.79 Å². The van der Waals surface area contributed by atoms with Gasteiger partial charge in [0.05, 0.1) is 0 Å². The van der Waals surface area contributed by atoms with Crippen LogP contribution in [0, 0.1) is 0 Å². The lowest BCUT2D eigenvalue weighted by molar-refractivity contribution is 0.00600. The summed E-state index contributed by atoms with van der Waals surface area (Å²) < 4.78 is 21.4.